The summed E-state index contributed by atoms with van der Waals surface area (Å²) in [6.45, 7) is 4.34. The number of hydrogen-bond acceptors (Lipinski definition) is 11. The highest BCUT2D eigenvalue weighted by Gasteiger charge is 2.45. The van der Waals surface area contributed by atoms with E-state index in [9.17, 15) is 19.2 Å². The highest BCUT2D eigenvalue weighted by atomic mass is 16.5. The Labute approximate surface area is 298 Å². The van der Waals surface area contributed by atoms with Crippen molar-refractivity contribution in [2.45, 2.75) is 63.1 Å². The number of aromatic nitrogens is 5. The van der Waals surface area contributed by atoms with Crippen molar-refractivity contribution in [1.82, 2.24) is 35.2 Å². The molecule has 3 aliphatic rings. The molecule has 0 radical (unpaired) electrons. The molecule has 1 saturated carbocycles. The maximum Gasteiger partial charge on any atom is 0.262 e. The Balaban J connectivity index is 0.831. The van der Waals surface area contributed by atoms with Crippen molar-refractivity contribution >= 4 is 29.3 Å². The predicted molar refractivity (Wildman–Crippen MR) is 186 cm³/mol. The molecule has 0 spiro atoms. The van der Waals surface area contributed by atoms with Crippen molar-refractivity contribution in [3.8, 4) is 23.2 Å². The summed E-state index contributed by atoms with van der Waals surface area (Å²) in [6, 6.07) is 20.2. The van der Waals surface area contributed by atoms with Gasteiger partial charge in [0, 0.05) is 36.4 Å². The number of fused-ring (bicyclic) bond motifs is 1. The summed E-state index contributed by atoms with van der Waals surface area (Å²) in [7, 11) is 0. The Morgan fingerprint density at radius 1 is 0.808 bits per heavy atom. The number of amides is 4. The minimum Gasteiger partial charge on any atom is -0.490 e. The summed E-state index contributed by atoms with van der Waals surface area (Å²) in [6.07, 6.45) is 7.99. The quantitative estimate of drug-likeness (QED) is 0.196. The number of benzene rings is 3. The van der Waals surface area contributed by atoms with E-state index in [1.807, 2.05) is 36.4 Å². The van der Waals surface area contributed by atoms with Crippen LogP contribution in [0, 0.1) is 0 Å². The van der Waals surface area contributed by atoms with Gasteiger partial charge in [-0.05, 0) is 60.0 Å². The smallest absolute Gasteiger partial charge is 0.262 e. The Morgan fingerprint density at radius 2 is 1.48 bits per heavy atom. The molecule has 0 bridgehead atoms. The van der Waals surface area contributed by atoms with E-state index < -0.39 is 29.7 Å². The molecule has 2 aliphatic heterocycles. The highest BCUT2D eigenvalue weighted by molar-refractivity contribution is 6.23. The summed E-state index contributed by atoms with van der Waals surface area (Å²) >= 11 is 0. The second-order valence-electron chi connectivity index (χ2n) is 13.6. The summed E-state index contributed by atoms with van der Waals surface area (Å²) in [5.41, 5.74) is 3.20. The zero-order chi connectivity index (χ0) is 36.0. The molecule has 4 amide bonds. The number of carbonyl (C=O) groups excluding carboxylic acids is 4. The first-order chi connectivity index (χ1) is 25.1. The lowest BCUT2D eigenvalue weighted by Crippen LogP contribution is -2.54. The van der Waals surface area contributed by atoms with Crippen molar-refractivity contribution in [2.24, 2.45) is 0 Å². The van der Waals surface area contributed by atoms with Gasteiger partial charge in [-0.2, -0.15) is 10.2 Å². The molecule has 52 heavy (non-hydrogen) atoms. The predicted octanol–water partition coefficient (Wildman–Crippen LogP) is 4.60. The van der Waals surface area contributed by atoms with E-state index in [1.54, 1.807) is 36.8 Å². The van der Waals surface area contributed by atoms with E-state index >= 15 is 0 Å². The van der Waals surface area contributed by atoms with Gasteiger partial charge in [-0.25, -0.2) is 9.97 Å². The van der Waals surface area contributed by atoms with Gasteiger partial charge >= 0.3 is 0 Å². The lowest BCUT2D eigenvalue weighted by molar-refractivity contribution is -0.136. The number of nitrogens with one attached hydrogen (secondary N) is 2. The van der Waals surface area contributed by atoms with Crippen LogP contribution in [0.25, 0.3) is 5.82 Å². The molecule has 14 nitrogen and oxygen atoms in total. The standard InChI is InChI=1S/C38H34N8O6/c1-38(2,23-5-10-27(11-6-23)52-34-21-39-32(20-40-34)46-41-15-16-42-46)22-3-8-26(9-4-22)51-28-17-25(18-28)43-24-7-12-29-30(19-24)37(50)45(36(29)49)31-13-14-33(47)44-35(31)48/h3-12,15-16,19-21,25,28,31,43H,13-14,17-18H2,1-2H3,(H,44,47,48). The third-order valence-corrected chi connectivity index (χ3v) is 9.82. The average molecular weight is 699 g/mol. The van der Waals surface area contributed by atoms with Crippen LogP contribution in [0.3, 0.4) is 0 Å². The fourth-order valence-electron chi connectivity index (χ4n) is 6.75. The van der Waals surface area contributed by atoms with Gasteiger partial charge in [0.1, 0.15) is 23.6 Å². The van der Waals surface area contributed by atoms with E-state index in [0.717, 1.165) is 34.6 Å². The molecule has 5 aromatic rings. The molecule has 1 unspecified atom stereocenters. The second-order valence-corrected chi connectivity index (χ2v) is 13.6. The molecule has 14 heteroatoms. The van der Waals surface area contributed by atoms with Gasteiger partial charge in [0.2, 0.25) is 17.7 Å². The van der Waals surface area contributed by atoms with Crippen LogP contribution < -0.4 is 20.1 Å². The lowest BCUT2D eigenvalue weighted by Gasteiger charge is -2.36. The normalized spacial score (nSPS) is 19.9. The van der Waals surface area contributed by atoms with E-state index in [-0.39, 0.29) is 41.5 Å². The molecule has 1 atom stereocenters. The Bertz CT molecular complexity index is 2160. The Morgan fingerprint density at radius 3 is 2.13 bits per heavy atom. The second kappa shape index (κ2) is 13.0. The SMILES string of the molecule is CC(C)(c1ccc(Oc2cnc(-n3nccn3)cn2)cc1)c1ccc(OC2CC(Nc3ccc4c(c3)C(=O)N(C3CCC(=O)NC3=O)C4=O)C2)cc1. The maximum absolute atomic E-state index is 13.2. The minimum absolute atomic E-state index is 0.0349. The van der Waals surface area contributed by atoms with Gasteiger partial charge in [-0.15, -0.1) is 4.80 Å². The minimum atomic E-state index is -0.989. The third-order valence-electron chi connectivity index (χ3n) is 9.82. The molecular weight excluding hydrogens is 664 g/mol. The molecule has 8 rings (SSSR count). The van der Waals surface area contributed by atoms with Crippen LogP contribution in [0.4, 0.5) is 5.69 Å². The number of imide groups is 2. The molecule has 2 fully saturated rings. The Kier molecular flexibility index (Phi) is 8.20. The van der Waals surface area contributed by atoms with Crippen molar-refractivity contribution in [1.29, 1.82) is 0 Å². The van der Waals surface area contributed by atoms with Crippen molar-refractivity contribution in [2.75, 3.05) is 5.32 Å². The summed E-state index contributed by atoms with van der Waals surface area (Å²) in [4.78, 5) is 61.0. The number of carbonyl (C=O) groups is 4. The molecule has 2 aromatic heterocycles. The van der Waals surface area contributed by atoms with Crippen LogP contribution in [0.2, 0.25) is 0 Å². The number of ether oxygens (including phenoxy) is 2. The number of anilines is 1. The number of hydrogen-bond donors (Lipinski definition) is 2. The topological polar surface area (TPSA) is 171 Å². The zero-order valence-electron chi connectivity index (χ0n) is 28.4. The van der Waals surface area contributed by atoms with E-state index in [1.165, 1.54) is 11.0 Å². The third kappa shape index (κ3) is 6.23. The number of nitrogens with zero attached hydrogens (tertiary/aromatic N) is 6. The average Bonchev–Trinajstić information content (AvgIpc) is 3.75. The van der Waals surface area contributed by atoms with Gasteiger partial charge < -0.3 is 14.8 Å². The molecule has 1 aliphatic carbocycles. The summed E-state index contributed by atoms with van der Waals surface area (Å²) in [5, 5.41) is 13.7. The van der Waals surface area contributed by atoms with E-state index in [4.69, 9.17) is 9.47 Å². The summed E-state index contributed by atoms with van der Waals surface area (Å²) in [5.74, 6) is 0.222. The number of piperidine rings is 1. The molecular formula is C38H34N8O6. The van der Waals surface area contributed by atoms with Crippen molar-refractivity contribution < 1.29 is 28.7 Å². The van der Waals surface area contributed by atoms with Crippen LogP contribution in [0.1, 0.15) is 71.4 Å². The van der Waals surface area contributed by atoms with Crippen LogP contribution in [-0.2, 0) is 15.0 Å². The van der Waals surface area contributed by atoms with E-state index in [2.05, 4.69) is 56.8 Å². The Hall–Kier alpha value is -6.44. The largest absolute Gasteiger partial charge is 0.490 e. The van der Waals surface area contributed by atoms with Gasteiger partial charge in [-0.3, -0.25) is 29.4 Å². The first-order valence-electron chi connectivity index (χ1n) is 17.0. The monoisotopic (exact) mass is 698 g/mol. The van der Waals surface area contributed by atoms with Gasteiger partial charge in [-0.1, -0.05) is 38.1 Å². The van der Waals surface area contributed by atoms with Gasteiger partial charge in [0.05, 0.1) is 35.9 Å². The fraction of sp³-hybridized carbons (Fsp3) is 0.263. The van der Waals surface area contributed by atoms with Crippen LogP contribution in [0.5, 0.6) is 17.4 Å². The lowest BCUT2D eigenvalue weighted by atomic mass is 9.78. The maximum atomic E-state index is 13.2. The van der Waals surface area contributed by atoms with Crippen LogP contribution >= 0.6 is 0 Å². The first-order valence-corrected chi connectivity index (χ1v) is 17.0. The molecule has 262 valence electrons. The van der Waals surface area contributed by atoms with Gasteiger partial charge in [0.25, 0.3) is 11.8 Å². The first kappa shape index (κ1) is 32.7. The summed E-state index contributed by atoms with van der Waals surface area (Å²) < 4.78 is 12.2. The fourth-order valence-corrected chi connectivity index (χ4v) is 6.75. The number of rotatable bonds is 10. The molecule has 4 heterocycles. The molecule has 3 aromatic carbocycles. The van der Waals surface area contributed by atoms with Crippen LogP contribution in [-0.4, -0.2) is 71.7 Å². The molecule has 1 saturated heterocycles. The van der Waals surface area contributed by atoms with Crippen molar-refractivity contribution in [3.63, 3.8) is 0 Å². The van der Waals surface area contributed by atoms with Gasteiger partial charge in [0.15, 0.2) is 5.82 Å². The zero-order valence-corrected chi connectivity index (χ0v) is 28.4. The molecule has 2 N–H and O–H groups in total. The highest BCUT2D eigenvalue weighted by Crippen LogP contribution is 2.36. The van der Waals surface area contributed by atoms with E-state index in [0.29, 0.717) is 23.1 Å². The van der Waals surface area contributed by atoms with Crippen molar-refractivity contribution in [3.05, 3.63) is 114 Å². The van der Waals surface area contributed by atoms with Crippen LogP contribution in [0.15, 0.2) is 91.5 Å².